The maximum atomic E-state index is 9.74. The van der Waals surface area contributed by atoms with Crippen molar-refractivity contribution in [3.8, 4) is 0 Å². The Morgan fingerprint density at radius 1 is 1.50 bits per heavy atom. The quantitative estimate of drug-likeness (QED) is 0.302. The van der Waals surface area contributed by atoms with Crippen molar-refractivity contribution in [3.05, 3.63) is 23.8 Å². The first-order valence-electron chi connectivity index (χ1n) is 2.94. The molecular formula is C7H10O. The van der Waals surface area contributed by atoms with E-state index in [4.69, 9.17) is 1.37 Å². The zero-order valence-electron chi connectivity index (χ0n) is 6.14. The minimum atomic E-state index is 0.405. The number of carbonyl (C=O) groups is 1. The maximum absolute atomic E-state index is 9.74. The summed E-state index contributed by atoms with van der Waals surface area (Å²) < 4.78 is 7.16. The first-order chi connectivity index (χ1) is 4.18. The van der Waals surface area contributed by atoms with Gasteiger partial charge in [-0.3, -0.25) is 4.79 Å². The van der Waals surface area contributed by atoms with Crippen LogP contribution in [-0.4, -0.2) is 6.29 Å². The second-order valence-electron chi connectivity index (χ2n) is 1.64. The van der Waals surface area contributed by atoms with Crippen LogP contribution in [0, 0.1) is 0 Å². The minimum Gasteiger partial charge on any atom is -0.299 e. The molecule has 0 heterocycles. The summed E-state index contributed by atoms with van der Waals surface area (Å²) in [5, 5.41) is 0. The van der Waals surface area contributed by atoms with Crippen LogP contribution >= 0.6 is 0 Å². The molecule has 0 aliphatic carbocycles. The summed E-state index contributed by atoms with van der Waals surface area (Å²) in [6.07, 6.45) is 3.45. The number of aldehydes is 1. The van der Waals surface area contributed by atoms with Gasteiger partial charge in [0.15, 0.2) is 0 Å². The highest BCUT2D eigenvalue weighted by molar-refractivity contribution is 5.65. The van der Waals surface area contributed by atoms with Gasteiger partial charge in [-0.1, -0.05) is 17.7 Å². The van der Waals surface area contributed by atoms with Crippen LogP contribution in [0.4, 0.5) is 0 Å². The number of hydrogen-bond donors (Lipinski definition) is 0. The smallest absolute Gasteiger partial charge is 0.142 e. The van der Waals surface area contributed by atoms with E-state index < -0.39 is 0 Å². The molecule has 0 fully saturated rings. The third kappa shape index (κ3) is 5.15. The molecule has 8 heavy (non-hydrogen) atoms. The van der Waals surface area contributed by atoms with Crippen molar-refractivity contribution in [2.75, 3.05) is 0 Å². The Morgan fingerprint density at radius 2 is 2.12 bits per heavy atom. The Balaban J connectivity index is 4.06. The van der Waals surface area contributed by atoms with Gasteiger partial charge in [0, 0.05) is 0 Å². The monoisotopic (exact) mass is 112 g/mol. The number of allylic oxidation sites excluding steroid dienone is 4. The van der Waals surface area contributed by atoms with E-state index >= 15 is 0 Å². The number of hydrogen-bond acceptors (Lipinski definition) is 1. The molecule has 0 saturated carbocycles. The van der Waals surface area contributed by atoms with Crippen LogP contribution in [0.15, 0.2) is 23.8 Å². The molecule has 0 spiro atoms. The van der Waals surface area contributed by atoms with E-state index in [-0.39, 0.29) is 0 Å². The Kier molecular flexibility index (Phi) is 2.85. The van der Waals surface area contributed by atoms with Crippen molar-refractivity contribution in [2.24, 2.45) is 0 Å². The molecule has 0 aromatic carbocycles. The van der Waals surface area contributed by atoms with Crippen LogP contribution in [0.3, 0.4) is 0 Å². The molecule has 0 radical (unpaired) electrons. The van der Waals surface area contributed by atoms with E-state index in [2.05, 4.69) is 0 Å². The molecule has 0 aromatic rings. The predicted octanol–water partition coefficient (Wildman–Crippen LogP) is 1.71. The summed E-state index contributed by atoms with van der Waals surface area (Å²) in [6, 6.07) is 0.405. The van der Waals surface area contributed by atoms with Gasteiger partial charge in [0.2, 0.25) is 0 Å². The largest absolute Gasteiger partial charge is 0.299 e. The molecule has 0 amide bonds. The van der Waals surface area contributed by atoms with Crippen molar-refractivity contribution in [3.63, 3.8) is 0 Å². The Morgan fingerprint density at radius 3 is 2.50 bits per heavy atom. The van der Waals surface area contributed by atoms with Gasteiger partial charge in [0.05, 0.1) is 1.37 Å². The van der Waals surface area contributed by atoms with Gasteiger partial charge in [-0.2, -0.15) is 0 Å². The van der Waals surface area contributed by atoms with Crippen LogP contribution in [0.2, 0.25) is 0 Å². The van der Waals surface area contributed by atoms with Gasteiger partial charge >= 0.3 is 0 Å². The fourth-order valence-electron chi connectivity index (χ4n) is 0.254. The van der Waals surface area contributed by atoms with Gasteiger partial charge in [-0.15, -0.1) is 0 Å². The molecule has 1 nitrogen and oxygen atoms in total. The van der Waals surface area contributed by atoms with E-state index in [1.165, 1.54) is 12.2 Å². The van der Waals surface area contributed by atoms with Gasteiger partial charge in [0.1, 0.15) is 6.29 Å². The summed E-state index contributed by atoms with van der Waals surface area (Å²) in [7, 11) is 0. The van der Waals surface area contributed by atoms with Crippen molar-refractivity contribution in [2.45, 2.75) is 13.8 Å². The van der Waals surface area contributed by atoms with Crippen molar-refractivity contribution in [1.82, 2.24) is 0 Å². The average molecular weight is 112 g/mol. The highest BCUT2D eigenvalue weighted by Crippen LogP contribution is 1.86. The van der Waals surface area contributed by atoms with Crippen molar-refractivity contribution in [1.29, 1.82) is 0 Å². The Labute approximate surface area is 51.1 Å². The first kappa shape index (κ1) is 5.29. The molecule has 0 aliphatic heterocycles. The number of rotatable bonds is 2. The number of carbonyl (C=O) groups excluding carboxylic acids is 1. The Hall–Kier alpha value is -0.850. The van der Waals surface area contributed by atoms with Gasteiger partial charge in [0.25, 0.3) is 0 Å². The molecule has 0 unspecified atom stereocenters. The zero-order valence-corrected chi connectivity index (χ0v) is 5.14. The molecule has 0 N–H and O–H groups in total. The van der Waals surface area contributed by atoms with E-state index in [0.29, 0.717) is 12.3 Å². The maximum Gasteiger partial charge on any atom is 0.142 e. The second kappa shape index (κ2) is 4.31. The molecule has 1 heteroatoms. The van der Waals surface area contributed by atoms with E-state index in [0.717, 1.165) is 5.57 Å². The third-order valence-corrected chi connectivity index (χ3v) is 0.547. The third-order valence-electron chi connectivity index (χ3n) is 0.547. The highest BCUT2D eigenvalue weighted by atomic mass is 16.1. The predicted molar refractivity (Wildman–Crippen MR) is 34.6 cm³/mol. The minimum absolute atomic E-state index is 0.405. The zero-order chi connectivity index (χ0) is 7.28. The lowest BCUT2D eigenvalue weighted by molar-refractivity contribution is -0.104. The topological polar surface area (TPSA) is 17.1 Å². The fourth-order valence-corrected chi connectivity index (χ4v) is 0.254. The molecule has 0 bridgehead atoms. The molecule has 0 aromatic heterocycles. The van der Waals surface area contributed by atoms with Crippen LogP contribution in [-0.2, 0) is 4.79 Å². The molecule has 0 atom stereocenters. The molecular weight excluding hydrogens is 100 g/mol. The molecule has 0 aliphatic rings. The van der Waals surface area contributed by atoms with Gasteiger partial charge < -0.3 is 0 Å². The van der Waals surface area contributed by atoms with Gasteiger partial charge in [-0.25, -0.2) is 0 Å². The fraction of sp³-hybridized carbons (Fsp3) is 0.286. The van der Waals surface area contributed by atoms with E-state index in [1.54, 1.807) is 0 Å². The summed E-state index contributed by atoms with van der Waals surface area (Å²) in [6.45, 7) is 3.66. The summed E-state index contributed by atoms with van der Waals surface area (Å²) >= 11 is 0. The lowest BCUT2D eigenvalue weighted by atomic mass is 10.3. The molecule has 44 valence electrons. The van der Waals surface area contributed by atoms with E-state index in [9.17, 15) is 4.79 Å². The summed E-state index contributed by atoms with van der Waals surface area (Å²) in [5.74, 6) is 0. The molecule has 0 saturated heterocycles. The van der Waals surface area contributed by atoms with Gasteiger partial charge in [-0.05, 0) is 19.9 Å². The molecule has 0 rings (SSSR count). The van der Waals surface area contributed by atoms with Crippen LogP contribution in [0.1, 0.15) is 15.2 Å². The SMILES string of the molecule is [3H]C(C=CC=O)=C(C)C. The lowest BCUT2D eigenvalue weighted by Gasteiger charge is -1.77. The first-order valence-corrected chi connectivity index (χ1v) is 2.44. The second-order valence-corrected chi connectivity index (χ2v) is 1.64. The average Bonchev–Trinajstić information content (AvgIpc) is 1.82. The summed E-state index contributed by atoms with van der Waals surface area (Å²) in [4.78, 5) is 9.74. The van der Waals surface area contributed by atoms with Crippen LogP contribution in [0.5, 0.6) is 0 Å². The summed E-state index contributed by atoms with van der Waals surface area (Å²) in [5.41, 5.74) is 0.910. The van der Waals surface area contributed by atoms with Crippen LogP contribution < -0.4 is 0 Å². The highest BCUT2D eigenvalue weighted by Gasteiger charge is 1.67. The lowest BCUT2D eigenvalue weighted by Crippen LogP contribution is -1.60. The standard InChI is InChI=1S/C7H10O/c1-7(2)5-3-4-6-8/h3-6H,1-2H3/i5T. The van der Waals surface area contributed by atoms with Crippen molar-refractivity contribution >= 4 is 6.29 Å². The van der Waals surface area contributed by atoms with Crippen LogP contribution in [0.25, 0.3) is 0 Å². The normalized spacial score (nSPS) is 11.0. The van der Waals surface area contributed by atoms with E-state index in [1.807, 2.05) is 13.8 Å². The Bertz CT molecular complexity index is 152. The van der Waals surface area contributed by atoms with Crippen molar-refractivity contribution < 1.29 is 6.17 Å².